The summed E-state index contributed by atoms with van der Waals surface area (Å²) in [6.45, 7) is 4.88. The lowest BCUT2D eigenvalue weighted by Gasteiger charge is -2.23. The number of amides is 1. The van der Waals surface area contributed by atoms with Gasteiger partial charge in [-0.05, 0) is 31.5 Å². The Hall–Kier alpha value is -2.47. The number of carbonyl (C=O) groups is 1. The molecule has 1 aromatic carbocycles. The first kappa shape index (κ1) is 18.3. The van der Waals surface area contributed by atoms with E-state index in [1.54, 1.807) is 6.33 Å². The number of benzene rings is 1. The van der Waals surface area contributed by atoms with Gasteiger partial charge in [-0.25, -0.2) is 9.97 Å². The van der Waals surface area contributed by atoms with Gasteiger partial charge in [0.15, 0.2) is 0 Å². The molecule has 1 saturated heterocycles. The van der Waals surface area contributed by atoms with Gasteiger partial charge in [0, 0.05) is 30.4 Å². The van der Waals surface area contributed by atoms with Crippen molar-refractivity contribution in [1.82, 2.24) is 14.9 Å². The zero-order chi connectivity index (χ0) is 18.2. The maximum absolute atomic E-state index is 12.6. The normalized spacial score (nSPS) is 17.6. The smallest absolute Gasteiger partial charge is 0.226 e. The molecule has 1 atom stereocenters. The highest BCUT2D eigenvalue weighted by atomic mass is 16.5. The minimum absolute atomic E-state index is 0.107. The Morgan fingerprint density at radius 1 is 1.31 bits per heavy atom. The fourth-order valence-electron chi connectivity index (χ4n) is 3.08. The van der Waals surface area contributed by atoms with Gasteiger partial charge in [0.1, 0.15) is 12.1 Å². The molecule has 1 aliphatic heterocycles. The molecule has 1 aromatic heterocycles. The average Bonchev–Trinajstić information content (AvgIpc) is 2.88. The van der Waals surface area contributed by atoms with E-state index in [2.05, 4.69) is 9.97 Å². The summed E-state index contributed by atoms with van der Waals surface area (Å²) in [7, 11) is 0. The van der Waals surface area contributed by atoms with E-state index in [1.807, 2.05) is 48.2 Å². The number of ether oxygens (including phenoxy) is 2. The molecule has 6 heteroatoms. The molecule has 0 bridgehead atoms. The van der Waals surface area contributed by atoms with Crippen LogP contribution in [0.1, 0.15) is 17.8 Å². The van der Waals surface area contributed by atoms with E-state index >= 15 is 0 Å². The van der Waals surface area contributed by atoms with Crippen LogP contribution in [0.3, 0.4) is 0 Å². The van der Waals surface area contributed by atoms with Crippen LogP contribution >= 0.6 is 0 Å². The third kappa shape index (κ3) is 5.52. The number of rotatable bonds is 6. The molecule has 1 fully saturated rings. The second kappa shape index (κ2) is 9.29. The van der Waals surface area contributed by atoms with Gasteiger partial charge in [0.25, 0.3) is 0 Å². The summed E-state index contributed by atoms with van der Waals surface area (Å²) in [5, 5.41) is 0. The third-order valence-electron chi connectivity index (χ3n) is 4.38. The molecule has 6 nitrogen and oxygen atoms in total. The van der Waals surface area contributed by atoms with Gasteiger partial charge >= 0.3 is 0 Å². The lowest BCUT2D eigenvalue weighted by Crippen LogP contribution is -2.37. The van der Waals surface area contributed by atoms with Crippen LogP contribution in [0.5, 0.6) is 5.75 Å². The lowest BCUT2D eigenvalue weighted by molar-refractivity contribution is -0.132. The van der Waals surface area contributed by atoms with Crippen LogP contribution in [0.25, 0.3) is 0 Å². The summed E-state index contributed by atoms with van der Waals surface area (Å²) in [6, 6.07) is 11.6. The molecular formula is C20H25N3O3. The number of aromatic nitrogens is 2. The van der Waals surface area contributed by atoms with Crippen molar-refractivity contribution in [2.45, 2.75) is 19.8 Å². The van der Waals surface area contributed by atoms with Gasteiger partial charge in [-0.2, -0.15) is 0 Å². The van der Waals surface area contributed by atoms with Crippen LogP contribution in [0, 0.1) is 12.8 Å². The number of hydrogen-bond donors (Lipinski definition) is 0. The molecule has 0 spiro atoms. The van der Waals surface area contributed by atoms with E-state index in [1.165, 1.54) is 0 Å². The first-order valence-corrected chi connectivity index (χ1v) is 9.01. The maximum Gasteiger partial charge on any atom is 0.226 e. The number of aryl methyl sites for hydroxylation is 1. The number of nitrogens with zero attached hydrogens (tertiary/aromatic N) is 3. The van der Waals surface area contributed by atoms with E-state index in [9.17, 15) is 4.79 Å². The van der Waals surface area contributed by atoms with Crippen molar-refractivity contribution in [3.63, 3.8) is 0 Å². The van der Waals surface area contributed by atoms with E-state index in [0.717, 1.165) is 23.6 Å². The van der Waals surface area contributed by atoms with Crippen molar-refractivity contribution in [1.29, 1.82) is 0 Å². The van der Waals surface area contributed by atoms with Crippen molar-refractivity contribution in [2.75, 3.05) is 32.9 Å². The van der Waals surface area contributed by atoms with E-state index in [-0.39, 0.29) is 11.8 Å². The Labute approximate surface area is 154 Å². The Morgan fingerprint density at radius 3 is 2.96 bits per heavy atom. The summed E-state index contributed by atoms with van der Waals surface area (Å²) in [6.07, 6.45) is 2.74. The molecule has 26 heavy (non-hydrogen) atoms. The van der Waals surface area contributed by atoms with Crippen LogP contribution in [-0.4, -0.2) is 53.7 Å². The summed E-state index contributed by atoms with van der Waals surface area (Å²) in [5.74, 6) is 1.14. The largest absolute Gasteiger partial charge is 0.493 e. The first-order chi connectivity index (χ1) is 12.7. The standard InChI is InChI=1S/C20H25N3O3/c1-16-11-18(22-15-21-16)12-17-13-23(8-10-25-14-17)20(24)7-9-26-19-5-3-2-4-6-19/h2-6,11,15,17H,7-10,12-14H2,1H3/t17-/m0/s1. The third-order valence-corrected chi connectivity index (χ3v) is 4.38. The van der Waals surface area contributed by atoms with Crippen molar-refractivity contribution >= 4 is 5.91 Å². The Balaban J connectivity index is 1.50. The van der Waals surface area contributed by atoms with E-state index in [0.29, 0.717) is 39.3 Å². The molecule has 0 radical (unpaired) electrons. The monoisotopic (exact) mass is 355 g/mol. The Bertz CT molecular complexity index is 708. The molecule has 138 valence electrons. The second-order valence-electron chi connectivity index (χ2n) is 6.55. The highest BCUT2D eigenvalue weighted by Gasteiger charge is 2.23. The second-order valence-corrected chi connectivity index (χ2v) is 6.55. The van der Waals surface area contributed by atoms with Crippen LogP contribution in [0.4, 0.5) is 0 Å². The van der Waals surface area contributed by atoms with E-state index < -0.39 is 0 Å². The first-order valence-electron chi connectivity index (χ1n) is 9.01. The minimum Gasteiger partial charge on any atom is -0.493 e. The van der Waals surface area contributed by atoms with Gasteiger partial charge < -0.3 is 14.4 Å². The average molecular weight is 355 g/mol. The van der Waals surface area contributed by atoms with Crippen LogP contribution in [0.15, 0.2) is 42.7 Å². The molecule has 2 heterocycles. The fourth-order valence-corrected chi connectivity index (χ4v) is 3.08. The summed E-state index contributed by atoms with van der Waals surface area (Å²) < 4.78 is 11.3. The fraction of sp³-hybridized carbons (Fsp3) is 0.450. The molecule has 2 aromatic rings. The predicted molar refractivity (Wildman–Crippen MR) is 97.9 cm³/mol. The summed E-state index contributed by atoms with van der Waals surface area (Å²) >= 11 is 0. The molecule has 0 N–H and O–H groups in total. The van der Waals surface area contributed by atoms with Crippen LogP contribution in [-0.2, 0) is 16.0 Å². The van der Waals surface area contributed by atoms with Gasteiger partial charge in [-0.1, -0.05) is 18.2 Å². The number of carbonyl (C=O) groups excluding carboxylic acids is 1. The van der Waals surface area contributed by atoms with Crippen molar-refractivity contribution in [3.05, 3.63) is 54.1 Å². The minimum atomic E-state index is 0.107. The molecule has 1 aliphatic rings. The predicted octanol–water partition coefficient (Wildman–Crippen LogP) is 2.27. The number of hydrogen-bond acceptors (Lipinski definition) is 5. The SMILES string of the molecule is Cc1cc(C[C@@H]2COCCN(C(=O)CCOc3ccccc3)C2)ncn1. The van der Waals surface area contributed by atoms with E-state index in [4.69, 9.17) is 9.47 Å². The maximum atomic E-state index is 12.6. The zero-order valence-corrected chi connectivity index (χ0v) is 15.1. The van der Waals surface area contributed by atoms with Gasteiger partial charge in [0.05, 0.1) is 26.2 Å². The zero-order valence-electron chi connectivity index (χ0n) is 15.1. The van der Waals surface area contributed by atoms with Crippen LogP contribution < -0.4 is 4.74 Å². The Morgan fingerprint density at radius 2 is 2.15 bits per heavy atom. The van der Waals surface area contributed by atoms with Gasteiger partial charge in [-0.15, -0.1) is 0 Å². The van der Waals surface area contributed by atoms with Crippen LogP contribution in [0.2, 0.25) is 0 Å². The van der Waals surface area contributed by atoms with Crippen molar-refractivity contribution < 1.29 is 14.3 Å². The highest BCUT2D eigenvalue weighted by Crippen LogP contribution is 2.14. The van der Waals surface area contributed by atoms with Gasteiger partial charge in [-0.3, -0.25) is 4.79 Å². The topological polar surface area (TPSA) is 64.5 Å². The van der Waals surface area contributed by atoms with Gasteiger partial charge in [0.2, 0.25) is 5.91 Å². The molecule has 0 saturated carbocycles. The molecule has 1 amide bonds. The quantitative estimate of drug-likeness (QED) is 0.795. The lowest BCUT2D eigenvalue weighted by atomic mass is 10.0. The number of para-hydroxylation sites is 1. The summed E-state index contributed by atoms with van der Waals surface area (Å²) in [4.78, 5) is 22.9. The van der Waals surface area contributed by atoms with Crippen molar-refractivity contribution in [2.24, 2.45) is 5.92 Å². The molecule has 3 rings (SSSR count). The summed E-state index contributed by atoms with van der Waals surface area (Å²) in [5.41, 5.74) is 1.95. The Kier molecular flexibility index (Phi) is 6.55. The molecule has 0 unspecified atom stereocenters. The highest BCUT2D eigenvalue weighted by molar-refractivity contribution is 5.76. The van der Waals surface area contributed by atoms with Crippen molar-refractivity contribution in [3.8, 4) is 5.75 Å². The molecule has 0 aliphatic carbocycles. The molecular weight excluding hydrogens is 330 g/mol.